The number of furan rings is 1. The molecule has 1 unspecified atom stereocenters. The molecule has 5 heteroatoms. The van der Waals surface area contributed by atoms with E-state index < -0.39 is 6.17 Å². The molecule has 56 heavy (non-hydrogen) atoms. The van der Waals surface area contributed by atoms with E-state index in [1.54, 1.807) is 0 Å². The first-order valence-electron chi connectivity index (χ1n) is 18.9. The highest BCUT2D eigenvalue weighted by Crippen LogP contribution is 2.41. The van der Waals surface area contributed by atoms with Crippen molar-refractivity contribution in [3.05, 3.63) is 193 Å². The number of nitrogens with zero attached hydrogens (tertiary/aromatic N) is 2. The molecule has 3 heterocycles. The van der Waals surface area contributed by atoms with E-state index in [-0.39, 0.29) is 0 Å². The first kappa shape index (κ1) is 31.3. The summed E-state index contributed by atoms with van der Waals surface area (Å²) < 4.78 is 9.15. The van der Waals surface area contributed by atoms with Crippen LogP contribution in [0.3, 0.4) is 0 Å². The van der Waals surface area contributed by atoms with Crippen LogP contribution >= 0.6 is 11.3 Å². The maximum absolute atomic E-state index is 6.64. The normalized spacial score (nSPS) is 14.6. The monoisotopic (exact) mass is 733 g/mol. The second kappa shape index (κ2) is 12.2. The number of hydrogen-bond acceptors (Lipinski definition) is 5. The van der Waals surface area contributed by atoms with Crippen molar-refractivity contribution in [1.82, 2.24) is 5.32 Å². The van der Waals surface area contributed by atoms with Gasteiger partial charge >= 0.3 is 0 Å². The second-order valence-corrected chi connectivity index (χ2v) is 15.6. The van der Waals surface area contributed by atoms with Gasteiger partial charge in [0.15, 0.2) is 5.84 Å². The van der Waals surface area contributed by atoms with Gasteiger partial charge in [-0.15, -0.1) is 11.3 Å². The summed E-state index contributed by atoms with van der Waals surface area (Å²) in [6, 6.07) is 62.7. The van der Waals surface area contributed by atoms with Gasteiger partial charge in [0.2, 0.25) is 0 Å². The number of nitrogens with one attached hydrogen (secondary N) is 1. The van der Waals surface area contributed by atoms with Crippen molar-refractivity contribution in [2.24, 2.45) is 9.98 Å². The lowest BCUT2D eigenvalue weighted by molar-refractivity contribution is 0.668. The summed E-state index contributed by atoms with van der Waals surface area (Å²) in [5, 5.41) is 15.6. The molecule has 1 aliphatic heterocycles. The number of hydrogen-bond donors (Lipinski definition) is 1. The van der Waals surface area contributed by atoms with E-state index in [0.717, 1.165) is 55.6 Å². The zero-order valence-electron chi connectivity index (χ0n) is 30.0. The van der Waals surface area contributed by atoms with Crippen molar-refractivity contribution < 1.29 is 4.42 Å². The van der Waals surface area contributed by atoms with E-state index in [4.69, 9.17) is 14.4 Å². The fraction of sp³-hybridized carbons (Fsp3) is 0.0196. The SMILES string of the molecule is c1ccc2c(-c3cc(C4=NC(c5cccc6sc7ccccc7c56)NC(c5ccc6c(ccc7ccccc76)c5)=N4)c4c(c3)oc3ccccc34)cccc2c1. The van der Waals surface area contributed by atoms with Gasteiger partial charge in [0.1, 0.15) is 23.2 Å². The second-order valence-electron chi connectivity index (χ2n) is 14.5. The van der Waals surface area contributed by atoms with Crippen LogP contribution < -0.4 is 5.32 Å². The van der Waals surface area contributed by atoms with Crippen LogP contribution in [-0.2, 0) is 0 Å². The van der Waals surface area contributed by atoms with Crippen LogP contribution in [0.15, 0.2) is 190 Å². The summed E-state index contributed by atoms with van der Waals surface area (Å²) in [4.78, 5) is 11.0. The van der Waals surface area contributed by atoms with E-state index in [1.165, 1.54) is 52.5 Å². The molecular formula is C51H31N3OS. The molecule has 11 aromatic rings. The van der Waals surface area contributed by atoms with Crippen LogP contribution in [0.25, 0.3) is 85.6 Å². The zero-order chi connectivity index (χ0) is 36.7. The van der Waals surface area contributed by atoms with Gasteiger partial charge in [-0.3, -0.25) is 0 Å². The molecule has 2 aromatic heterocycles. The smallest absolute Gasteiger partial charge is 0.160 e. The van der Waals surface area contributed by atoms with Gasteiger partial charge in [0.25, 0.3) is 0 Å². The highest BCUT2D eigenvalue weighted by molar-refractivity contribution is 7.25. The number of aliphatic imine (C=N–C) groups is 2. The summed E-state index contributed by atoms with van der Waals surface area (Å²) >= 11 is 1.82. The van der Waals surface area contributed by atoms with Gasteiger partial charge in [-0.25, -0.2) is 9.98 Å². The van der Waals surface area contributed by atoms with Gasteiger partial charge in [-0.1, -0.05) is 140 Å². The molecule has 9 aromatic carbocycles. The number of fused-ring (bicyclic) bond motifs is 10. The van der Waals surface area contributed by atoms with Gasteiger partial charge in [-0.2, -0.15) is 0 Å². The van der Waals surface area contributed by atoms with Crippen molar-refractivity contribution in [3.63, 3.8) is 0 Å². The molecule has 0 amide bonds. The van der Waals surface area contributed by atoms with E-state index >= 15 is 0 Å². The summed E-state index contributed by atoms with van der Waals surface area (Å²) in [7, 11) is 0. The summed E-state index contributed by atoms with van der Waals surface area (Å²) in [5.74, 6) is 1.45. The number of thiophene rings is 1. The summed E-state index contributed by atoms with van der Waals surface area (Å²) in [6.07, 6.45) is -0.402. The van der Waals surface area contributed by atoms with Crippen LogP contribution in [0, 0.1) is 0 Å². The lowest BCUT2D eigenvalue weighted by Gasteiger charge is -2.25. The Labute approximate surface area is 325 Å². The molecule has 12 rings (SSSR count). The Bertz CT molecular complexity index is 3470. The topological polar surface area (TPSA) is 49.9 Å². The minimum absolute atomic E-state index is 0.402. The molecule has 0 bridgehead atoms. The van der Waals surface area contributed by atoms with E-state index in [0.29, 0.717) is 5.84 Å². The van der Waals surface area contributed by atoms with Gasteiger partial charge in [0.05, 0.1) is 0 Å². The number of para-hydroxylation sites is 1. The van der Waals surface area contributed by atoms with Crippen LogP contribution in [-0.4, -0.2) is 11.7 Å². The quantitative estimate of drug-likeness (QED) is 0.183. The zero-order valence-corrected chi connectivity index (χ0v) is 30.8. The summed E-state index contributed by atoms with van der Waals surface area (Å²) in [5.41, 5.74) is 6.91. The molecule has 4 nitrogen and oxygen atoms in total. The van der Waals surface area contributed by atoms with E-state index in [2.05, 4.69) is 169 Å². The minimum atomic E-state index is -0.402. The fourth-order valence-corrected chi connectivity index (χ4v) is 9.87. The Balaban J connectivity index is 1.13. The Hall–Kier alpha value is -7.08. The molecule has 1 aliphatic rings. The average Bonchev–Trinajstić information content (AvgIpc) is 3.84. The maximum atomic E-state index is 6.64. The van der Waals surface area contributed by atoms with Crippen LogP contribution in [0.5, 0.6) is 0 Å². The molecule has 0 radical (unpaired) electrons. The number of amidine groups is 2. The fourth-order valence-electron chi connectivity index (χ4n) is 8.73. The van der Waals surface area contributed by atoms with Gasteiger partial charge < -0.3 is 9.73 Å². The molecule has 0 saturated carbocycles. The molecular weight excluding hydrogens is 703 g/mol. The van der Waals surface area contributed by atoms with Crippen molar-refractivity contribution in [3.8, 4) is 11.1 Å². The highest BCUT2D eigenvalue weighted by atomic mass is 32.1. The van der Waals surface area contributed by atoms with Gasteiger partial charge in [0, 0.05) is 47.6 Å². The largest absolute Gasteiger partial charge is 0.456 e. The third kappa shape index (κ3) is 4.84. The van der Waals surface area contributed by atoms with Crippen molar-refractivity contribution in [2.75, 3.05) is 0 Å². The molecule has 0 aliphatic carbocycles. The van der Waals surface area contributed by atoms with Crippen LogP contribution in [0.4, 0.5) is 0 Å². The molecule has 1 N–H and O–H groups in total. The third-order valence-electron chi connectivity index (χ3n) is 11.3. The van der Waals surface area contributed by atoms with Crippen molar-refractivity contribution >= 4 is 97.4 Å². The third-order valence-corrected chi connectivity index (χ3v) is 12.4. The first-order chi connectivity index (χ1) is 27.7. The lowest BCUT2D eigenvalue weighted by atomic mass is 9.94. The molecule has 1 atom stereocenters. The highest BCUT2D eigenvalue weighted by Gasteiger charge is 2.27. The molecule has 262 valence electrons. The van der Waals surface area contributed by atoms with Crippen molar-refractivity contribution in [1.29, 1.82) is 0 Å². The van der Waals surface area contributed by atoms with Crippen molar-refractivity contribution in [2.45, 2.75) is 6.17 Å². The standard InChI is InChI=1S/C51H31N3OS/c1-3-14-35-30(11-1)13-9-18-37(35)34-28-42(47-39-16-5-7-20-43(39)55-44(47)29-34)51-53-49(33-25-26-38-32(27-33)24-23-31-12-2-4-15-36(31)38)52-50(54-51)41-19-10-22-46-48(41)40-17-6-8-21-45(40)56-46/h1-29,50H,(H,52,53,54). The molecule has 0 fully saturated rings. The molecule has 0 saturated heterocycles. The predicted octanol–water partition coefficient (Wildman–Crippen LogP) is 13.6. The first-order valence-corrected chi connectivity index (χ1v) is 19.7. The van der Waals surface area contributed by atoms with Crippen LogP contribution in [0.1, 0.15) is 22.9 Å². The van der Waals surface area contributed by atoms with E-state index in [9.17, 15) is 0 Å². The minimum Gasteiger partial charge on any atom is -0.456 e. The summed E-state index contributed by atoms with van der Waals surface area (Å²) in [6.45, 7) is 0. The lowest BCUT2D eigenvalue weighted by Crippen LogP contribution is -2.33. The molecule has 0 spiro atoms. The number of rotatable bonds is 4. The number of benzene rings is 9. The Kier molecular flexibility index (Phi) is 6.83. The average molecular weight is 734 g/mol. The maximum Gasteiger partial charge on any atom is 0.160 e. The predicted molar refractivity (Wildman–Crippen MR) is 236 cm³/mol. The Morgan fingerprint density at radius 2 is 1.16 bits per heavy atom. The van der Waals surface area contributed by atoms with E-state index in [1.807, 2.05) is 23.5 Å². The van der Waals surface area contributed by atoms with Crippen LogP contribution in [0.2, 0.25) is 0 Å². The Morgan fingerprint density at radius 3 is 2.07 bits per heavy atom. The van der Waals surface area contributed by atoms with Gasteiger partial charge in [-0.05, 0) is 79.8 Å². The Morgan fingerprint density at radius 1 is 0.464 bits per heavy atom.